The number of aromatic nitrogens is 2. The molecular formula is C19H29N3O3. The number of hydrogen-bond donors (Lipinski definition) is 0. The zero-order chi connectivity index (χ0) is 17.9. The second-order valence-corrected chi connectivity index (χ2v) is 6.53. The molecule has 0 radical (unpaired) electrons. The second-order valence-electron chi connectivity index (χ2n) is 6.53. The molecule has 1 aromatic carbocycles. The monoisotopic (exact) mass is 347 g/mol. The summed E-state index contributed by atoms with van der Waals surface area (Å²) < 4.78 is 1.81. The Hall–Kier alpha value is -2.11. The van der Waals surface area contributed by atoms with Gasteiger partial charge >= 0.3 is 5.09 Å². The second kappa shape index (κ2) is 10.7. The highest BCUT2D eigenvalue weighted by Crippen LogP contribution is 2.22. The quantitative estimate of drug-likeness (QED) is 0.271. The number of benzene rings is 1. The van der Waals surface area contributed by atoms with Crippen molar-refractivity contribution in [1.29, 1.82) is 0 Å². The van der Waals surface area contributed by atoms with Crippen LogP contribution in [-0.2, 0) is 6.54 Å². The van der Waals surface area contributed by atoms with Gasteiger partial charge in [-0.1, -0.05) is 76.8 Å². The van der Waals surface area contributed by atoms with Gasteiger partial charge in [0.05, 0.1) is 11.0 Å². The van der Waals surface area contributed by atoms with Gasteiger partial charge in [-0.15, -0.1) is 10.1 Å². The fourth-order valence-electron chi connectivity index (χ4n) is 3.16. The maximum Gasteiger partial charge on any atom is 0.302 e. The largest absolute Gasteiger partial charge is 0.305 e. The molecule has 2 rings (SSSR count). The lowest BCUT2D eigenvalue weighted by atomic mass is 10.1. The van der Waals surface area contributed by atoms with Gasteiger partial charge in [-0.2, -0.15) is 0 Å². The maximum atomic E-state index is 10.7. The van der Waals surface area contributed by atoms with Gasteiger partial charge in [0.2, 0.25) is 0 Å². The molecule has 6 heteroatoms. The molecule has 0 saturated carbocycles. The van der Waals surface area contributed by atoms with Crippen LogP contribution in [0.3, 0.4) is 0 Å². The standard InChI is InChI=1S/C19H29N3O3/c1-2-3-4-5-6-7-8-9-10-13-16-21-18-15-12-11-14-17(18)20-19(21)25-22(23)24/h11-12,14-15H,2-10,13,16H2,1H3. The number of aryl methyl sites for hydroxylation is 1. The first-order valence-electron chi connectivity index (χ1n) is 9.50. The topological polar surface area (TPSA) is 70.2 Å². The van der Waals surface area contributed by atoms with E-state index in [1.54, 1.807) is 0 Å². The summed E-state index contributed by atoms with van der Waals surface area (Å²) in [6.07, 6.45) is 12.6. The lowest BCUT2D eigenvalue weighted by Gasteiger charge is -2.07. The molecule has 0 bridgehead atoms. The Morgan fingerprint density at radius 3 is 2.24 bits per heavy atom. The molecule has 138 valence electrons. The van der Waals surface area contributed by atoms with Crippen LogP contribution in [0.5, 0.6) is 6.01 Å². The van der Waals surface area contributed by atoms with Gasteiger partial charge in [0, 0.05) is 6.54 Å². The summed E-state index contributed by atoms with van der Waals surface area (Å²) in [4.78, 5) is 19.5. The summed E-state index contributed by atoms with van der Waals surface area (Å²) >= 11 is 0. The molecule has 0 atom stereocenters. The number of unbranched alkanes of at least 4 members (excludes halogenated alkanes) is 9. The van der Waals surface area contributed by atoms with E-state index in [0.29, 0.717) is 6.54 Å². The molecule has 0 amide bonds. The van der Waals surface area contributed by atoms with Gasteiger partial charge in [-0.25, -0.2) is 9.82 Å². The molecular weight excluding hydrogens is 318 g/mol. The summed E-state index contributed by atoms with van der Waals surface area (Å²) in [7, 11) is 0. The Kier molecular flexibility index (Phi) is 8.22. The zero-order valence-corrected chi connectivity index (χ0v) is 15.2. The van der Waals surface area contributed by atoms with Crippen molar-refractivity contribution >= 4 is 11.0 Å². The smallest absolute Gasteiger partial charge is 0.302 e. The Morgan fingerprint density at radius 1 is 1.00 bits per heavy atom. The molecule has 0 unspecified atom stereocenters. The highest BCUT2D eigenvalue weighted by atomic mass is 17.0. The van der Waals surface area contributed by atoms with Crippen molar-refractivity contribution in [3.63, 3.8) is 0 Å². The van der Waals surface area contributed by atoms with Crippen LogP contribution in [0.25, 0.3) is 11.0 Å². The Bertz CT molecular complexity index is 654. The van der Waals surface area contributed by atoms with Gasteiger partial charge in [0.1, 0.15) is 0 Å². The lowest BCUT2D eigenvalue weighted by molar-refractivity contribution is -0.713. The van der Waals surface area contributed by atoms with Gasteiger partial charge in [0.15, 0.2) is 0 Å². The van der Waals surface area contributed by atoms with Crippen LogP contribution in [0.4, 0.5) is 0 Å². The third kappa shape index (κ3) is 6.36. The van der Waals surface area contributed by atoms with E-state index < -0.39 is 5.09 Å². The summed E-state index contributed by atoms with van der Waals surface area (Å²) in [6, 6.07) is 7.62. The molecule has 0 fully saturated rings. The molecule has 0 aliphatic heterocycles. The predicted octanol–water partition coefficient (Wildman–Crippen LogP) is 5.53. The number of fused-ring (bicyclic) bond motifs is 1. The van der Waals surface area contributed by atoms with Crippen molar-refractivity contribution in [3.8, 4) is 6.01 Å². The van der Waals surface area contributed by atoms with Gasteiger partial charge in [-0.05, 0) is 18.6 Å². The third-order valence-electron chi connectivity index (χ3n) is 4.51. The first kappa shape index (κ1) is 19.2. The first-order valence-corrected chi connectivity index (χ1v) is 9.50. The predicted molar refractivity (Wildman–Crippen MR) is 99.2 cm³/mol. The minimum Gasteiger partial charge on any atom is -0.305 e. The van der Waals surface area contributed by atoms with Crippen LogP contribution in [-0.4, -0.2) is 14.6 Å². The fraction of sp³-hybridized carbons (Fsp3) is 0.632. The average molecular weight is 347 g/mol. The molecule has 0 N–H and O–H groups in total. The van der Waals surface area contributed by atoms with Crippen LogP contribution >= 0.6 is 0 Å². The van der Waals surface area contributed by atoms with Crippen molar-refractivity contribution in [2.24, 2.45) is 0 Å². The van der Waals surface area contributed by atoms with E-state index in [4.69, 9.17) is 0 Å². The van der Waals surface area contributed by atoms with E-state index in [0.717, 1.165) is 23.9 Å². The molecule has 1 aromatic heterocycles. The molecule has 1 heterocycles. The minimum atomic E-state index is -0.795. The van der Waals surface area contributed by atoms with Crippen molar-refractivity contribution in [2.75, 3.05) is 0 Å². The van der Waals surface area contributed by atoms with Crippen LogP contribution in [0.1, 0.15) is 71.1 Å². The van der Waals surface area contributed by atoms with Gasteiger partial charge < -0.3 is 4.57 Å². The highest BCUT2D eigenvalue weighted by Gasteiger charge is 2.13. The number of para-hydroxylation sites is 2. The third-order valence-corrected chi connectivity index (χ3v) is 4.51. The fourth-order valence-corrected chi connectivity index (χ4v) is 3.16. The molecule has 0 aliphatic rings. The molecule has 2 aromatic rings. The van der Waals surface area contributed by atoms with Gasteiger partial charge in [-0.3, -0.25) is 0 Å². The zero-order valence-electron chi connectivity index (χ0n) is 15.2. The molecule has 0 aliphatic carbocycles. The van der Waals surface area contributed by atoms with E-state index in [1.807, 2.05) is 28.8 Å². The number of hydrogen-bond acceptors (Lipinski definition) is 4. The summed E-state index contributed by atoms with van der Waals surface area (Å²) in [5.41, 5.74) is 1.61. The van der Waals surface area contributed by atoms with Crippen LogP contribution in [0.2, 0.25) is 0 Å². The molecule has 6 nitrogen and oxygen atoms in total. The number of rotatable bonds is 13. The minimum absolute atomic E-state index is 0.0714. The van der Waals surface area contributed by atoms with Crippen LogP contribution in [0.15, 0.2) is 24.3 Å². The molecule has 25 heavy (non-hydrogen) atoms. The average Bonchev–Trinajstić information content (AvgIpc) is 2.93. The number of nitrogens with zero attached hydrogens (tertiary/aromatic N) is 3. The van der Waals surface area contributed by atoms with Crippen molar-refractivity contribution < 1.29 is 9.92 Å². The first-order chi connectivity index (χ1) is 12.2. The molecule has 0 saturated heterocycles. The van der Waals surface area contributed by atoms with Gasteiger partial charge in [0.25, 0.3) is 6.01 Å². The van der Waals surface area contributed by atoms with E-state index >= 15 is 0 Å². The Morgan fingerprint density at radius 2 is 1.60 bits per heavy atom. The lowest BCUT2D eigenvalue weighted by Crippen LogP contribution is -2.10. The Balaban J connectivity index is 1.74. The van der Waals surface area contributed by atoms with E-state index in [2.05, 4.69) is 16.7 Å². The molecule has 0 spiro atoms. The summed E-state index contributed by atoms with van der Waals surface area (Å²) in [6.45, 7) is 2.94. The van der Waals surface area contributed by atoms with E-state index in [1.165, 1.54) is 51.4 Å². The van der Waals surface area contributed by atoms with E-state index in [9.17, 15) is 10.1 Å². The number of imidazole rings is 1. The highest BCUT2D eigenvalue weighted by molar-refractivity contribution is 5.76. The van der Waals surface area contributed by atoms with Crippen molar-refractivity contribution in [1.82, 2.24) is 9.55 Å². The van der Waals surface area contributed by atoms with E-state index in [-0.39, 0.29) is 6.01 Å². The van der Waals surface area contributed by atoms with Crippen LogP contribution < -0.4 is 4.84 Å². The van der Waals surface area contributed by atoms with Crippen molar-refractivity contribution in [2.45, 2.75) is 77.7 Å². The summed E-state index contributed by atoms with van der Waals surface area (Å²) in [5, 5.41) is 9.87. The SMILES string of the molecule is CCCCCCCCCCCCn1c(O[N+](=O)[O-])nc2ccccc21. The maximum absolute atomic E-state index is 10.7. The summed E-state index contributed by atoms with van der Waals surface area (Å²) in [5.74, 6) is 0. The normalized spacial score (nSPS) is 11.1. The Labute approximate surface area is 149 Å². The van der Waals surface area contributed by atoms with Crippen LogP contribution in [0, 0.1) is 10.1 Å². The van der Waals surface area contributed by atoms with Crippen molar-refractivity contribution in [3.05, 3.63) is 34.4 Å².